The highest BCUT2D eigenvalue weighted by Crippen LogP contribution is 2.37. The third-order valence-corrected chi connectivity index (χ3v) is 4.76. The van der Waals surface area contributed by atoms with E-state index in [9.17, 15) is 14.7 Å². The number of nitrogens with zero attached hydrogens (tertiary/aromatic N) is 1. The first-order chi connectivity index (χ1) is 13.0. The first kappa shape index (κ1) is 18.4. The second-order valence-electron chi connectivity index (χ2n) is 5.59. The first-order valence-corrected chi connectivity index (χ1v) is 8.79. The van der Waals surface area contributed by atoms with Gasteiger partial charge < -0.3 is 20.3 Å². The molecule has 8 heteroatoms. The maximum atomic E-state index is 11.4. The molecule has 0 unspecified atom stereocenters. The number of ether oxygens (including phenoxy) is 1. The maximum absolute atomic E-state index is 11.4. The van der Waals surface area contributed by atoms with E-state index in [4.69, 9.17) is 9.84 Å². The number of aliphatic carboxylic acids is 1. The Bertz CT molecular complexity index is 956. The summed E-state index contributed by atoms with van der Waals surface area (Å²) in [5, 5.41) is 21.4. The highest BCUT2D eigenvalue weighted by Gasteiger charge is 2.18. The molecule has 0 aliphatic rings. The molecule has 3 N–H and O–H groups in total. The van der Waals surface area contributed by atoms with Gasteiger partial charge in [-0.3, -0.25) is 4.98 Å². The summed E-state index contributed by atoms with van der Waals surface area (Å²) in [6.45, 7) is 0.0121. The maximum Gasteiger partial charge on any atom is 0.349 e. The quantitative estimate of drug-likeness (QED) is 0.544. The first-order valence-electron chi connectivity index (χ1n) is 7.98. The largest absolute Gasteiger partial charge is 0.480 e. The Balaban J connectivity index is 1.80. The monoisotopic (exact) mass is 384 g/mol. The summed E-state index contributed by atoms with van der Waals surface area (Å²) in [6, 6.07) is 12.9. The van der Waals surface area contributed by atoms with Crippen LogP contribution in [0.15, 0.2) is 54.9 Å². The molecule has 0 saturated heterocycles. The van der Waals surface area contributed by atoms with Crippen molar-refractivity contribution in [1.29, 1.82) is 0 Å². The molecule has 3 aromatic rings. The van der Waals surface area contributed by atoms with Gasteiger partial charge in [-0.2, -0.15) is 0 Å². The molecule has 0 aliphatic carbocycles. The van der Waals surface area contributed by atoms with Crippen LogP contribution in [0.2, 0.25) is 0 Å². The number of hydrogen-bond acceptors (Lipinski definition) is 6. The second-order valence-corrected chi connectivity index (χ2v) is 6.64. The third kappa shape index (κ3) is 4.83. The van der Waals surface area contributed by atoms with Gasteiger partial charge in [0, 0.05) is 29.5 Å². The lowest BCUT2D eigenvalue weighted by Crippen LogP contribution is -2.10. The number of rotatable bonds is 8. The Morgan fingerprint density at radius 2 is 2.00 bits per heavy atom. The number of aromatic carboxylic acids is 1. The van der Waals surface area contributed by atoms with E-state index in [0.717, 1.165) is 28.2 Å². The number of anilines is 1. The molecule has 0 amide bonds. The molecule has 3 rings (SSSR count). The van der Waals surface area contributed by atoms with Crippen LogP contribution in [0.3, 0.4) is 0 Å². The van der Waals surface area contributed by atoms with E-state index in [2.05, 4.69) is 10.3 Å². The van der Waals surface area contributed by atoms with E-state index < -0.39 is 18.5 Å². The van der Waals surface area contributed by atoms with Crippen LogP contribution in [-0.4, -0.2) is 33.7 Å². The van der Waals surface area contributed by atoms with Gasteiger partial charge in [-0.15, -0.1) is 11.3 Å². The van der Waals surface area contributed by atoms with Crippen molar-refractivity contribution in [3.05, 3.63) is 65.3 Å². The molecule has 27 heavy (non-hydrogen) atoms. The minimum atomic E-state index is -1.17. The summed E-state index contributed by atoms with van der Waals surface area (Å²) in [5.74, 6) is -2.27. The zero-order chi connectivity index (χ0) is 19.2. The number of carboxylic acids is 2. The van der Waals surface area contributed by atoms with E-state index in [-0.39, 0.29) is 10.6 Å². The third-order valence-electron chi connectivity index (χ3n) is 3.61. The number of aromatic nitrogens is 1. The van der Waals surface area contributed by atoms with Crippen LogP contribution in [0, 0.1) is 0 Å². The van der Waals surface area contributed by atoms with E-state index in [0.29, 0.717) is 11.4 Å². The molecule has 0 aliphatic heterocycles. The Kier molecular flexibility index (Phi) is 5.68. The summed E-state index contributed by atoms with van der Waals surface area (Å²) >= 11 is 1.04. The molecule has 1 aromatic carbocycles. The normalized spacial score (nSPS) is 10.4. The second kappa shape index (κ2) is 8.33. The number of carboxylic acid groups (broad SMARTS) is 2. The molecule has 2 aromatic heterocycles. The van der Waals surface area contributed by atoms with Gasteiger partial charge in [0.05, 0.1) is 0 Å². The smallest absolute Gasteiger partial charge is 0.349 e. The van der Waals surface area contributed by atoms with Crippen molar-refractivity contribution in [2.45, 2.75) is 6.54 Å². The van der Waals surface area contributed by atoms with E-state index in [1.807, 2.05) is 36.4 Å². The van der Waals surface area contributed by atoms with Crippen LogP contribution in [0.4, 0.5) is 5.69 Å². The van der Waals surface area contributed by atoms with Crippen molar-refractivity contribution >= 4 is 29.0 Å². The van der Waals surface area contributed by atoms with E-state index in [1.54, 1.807) is 18.5 Å². The highest BCUT2D eigenvalue weighted by atomic mass is 32.1. The Morgan fingerprint density at radius 3 is 2.70 bits per heavy atom. The zero-order valence-electron chi connectivity index (χ0n) is 14.1. The predicted octanol–water partition coefficient (Wildman–Crippen LogP) is 3.58. The topological polar surface area (TPSA) is 109 Å². The average molecular weight is 384 g/mol. The van der Waals surface area contributed by atoms with Crippen LogP contribution in [0.25, 0.3) is 10.4 Å². The fraction of sp³-hybridized carbons (Fsp3) is 0.105. The number of nitrogens with one attached hydrogen (secondary N) is 1. The fourth-order valence-electron chi connectivity index (χ4n) is 2.40. The van der Waals surface area contributed by atoms with Gasteiger partial charge >= 0.3 is 11.9 Å². The molecule has 0 atom stereocenters. The van der Waals surface area contributed by atoms with Crippen LogP contribution in [0.1, 0.15) is 15.2 Å². The number of hydrogen-bond donors (Lipinski definition) is 3. The Hall–Kier alpha value is -3.39. The number of carbonyl (C=O) groups is 2. The van der Waals surface area contributed by atoms with Gasteiger partial charge in [-0.05, 0) is 35.4 Å². The SMILES string of the molecule is O=C(O)COc1cc(-c2cccc(NCc3cccnc3)c2)sc1C(=O)O. The fourth-order valence-corrected chi connectivity index (χ4v) is 3.34. The van der Waals surface area contributed by atoms with Gasteiger partial charge in [-0.1, -0.05) is 18.2 Å². The molecular weight excluding hydrogens is 368 g/mol. The molecule has 2 heterocycles. The van der Waals surface area contributed by atoms with Gasteiger partial charge in [-0.25, -0.2) is 9.59 Å². The molecule has 138 valence electrons. The molecule has 0 saturated carbocycles. The minimum absolute atomic E-state index is 0.0278. The van der Waals surface area contributed by atoms with Crippen molar-refractivity contribution in [3.63, 3.8) is 0 Å². The van der Waals surface area contributed by atoms with Crippen molar-refractivity contribution in [3.8, 4) is 16.2 Å². The molecule has 0 bridgehead atoms. The van der Waals surface area contributed by atoms with Crippen LogP contribution < -0.4 is 10.1 Å². The lowest BCUT2D eigenvalue weighted by molar-refractivity contribution is -0.139. The Labute approximate surface area is 158 Å². The van der Waals surface area contributed by atoms with Crippen molar-refractivity contribution < 1.29 is 24.5 Å². The van der Waals surface area contributed by atoms with Gasteiger partial charge in [0.1, 0.15) is 5.75 Å². The Morgan fingerprint density at radius 1 is 1.15 bits per heavy atom. The number of benzene rings is 1. The van der Waals surface area contributed by atoms with Gasteiger partial charge in [0.2, 0.25) is 0 Å². The van der Waals surface area contributed by atoms with Crippen LogP contribution >= 0.6 is 11.3 Å². The van der Waals surface area contributed by atoms with Crippen molar-refractivity contribution in [2.75, 3.05) is 11.9 Å². The molecule has 0 radical (unpaired) electrons. The molecule has 0 spiro atoms. The molecular formula is C19H16N2O5S. The van der Waals surface area contributed by atoms with Crippen molar-refractivity contribution in [2.24, 2.45) is 0 Å². The van der Waals surface area contributed by atoms with E-state index in [1.165, 1.54) is 0 Å². The van der Waals surface area contributed by atoms with Crippen molar-refractivity contribution in [1.82, 2.24) is 4.98 Å². The highest BCUT2D eigenvalue weighted by molar-refractivity contribution is 7.17. The van der Waals surface area contributed by atoms with Gasteiger partial charge in [0.15, 0.2) is 11.5 Å². The summed E-state index contributed by atoms with van der Waals surface area (Å²) in [5.41, 5.74) is 2.72. The lowest BCUT2D eigenvalue weighted by atomic mass is 10.1. The lowest BCUT2D eigenvalue weighted by Gasteiger charge is -2.07. The molecule has 0 fully saturated rings. The standard InChI is InChI=1S/C19H16N2O5S/c22-17(23)11-26-15-8-16(27-18(15)19(24)25)13-4-1-5-14(7-13)21-10-12-3-2-6-20-9-12/h1-9,21H,10-11H2,(H,22,23)(H,24,25). The summed E-state index contributed by atoms with van der Waals surface area (Å²) in [6.07, 6.45) is 3.49. The summed E-state index contributed by atoms with van der Waals surface area (Å²) < 4.78 is 5.11. The van der Waals surface area contributed by atoms with E-state index >= 15 is 0 Å². The average Bonchev–Trinajstić information content (AvgIpc) is 3.10. The number of thiophene rings is 1. The summed E-state index contributed by atoms with van der Waals surface area (Å²) in [7, 11) is 0. The van der Waals surface area contributed by atoms with Crippen LogP contribution in [0.5, 0.6) is 5.75 Å². The summed E-state index contributed by atoms with van der Waals surface area (Å²) in [4.78, 5) is 26.8. The minimum Gasteiger partial charge on any atom is -0.480 e. The van der Waals surface area contributed by atoms with Gasteiger partial charge in [0.25, 0.3) is 0 Å². The predicted molar refractivity (Wildman–Crippen MR) is 101 cm³/mol. The molecule has 7 nitrogen and oxygen atoms in total. The van der Waals surface area contributed by atoms with Crippen LogP contribution in [-0.2, 0) is 11.3 Å². The number of pyridine rings is 1. The zero-order valence-corrected chi connectivity index (χ0v) is 14.9.